The molecule has 1 N–H and O–H groups in total. The zero-order chi connectivity index (χ0) is 14.0. The molecule has 2 aromatic carbocycles. The number of rotatable bonds is 3. The smallest absolute Gasteiger partial charge is 0.129 e. The first kappa shape index (κ1) is 14.5. The Hall–Kier alpha value is -0.870. The molecule has 0 atom stereocenters. The number of anilines is 1. The summed E-state index contributed by atoms with van der Waals surface area (Å²) in [6.07, 6.45) is 0. The van der Waals surface area contributed by atoms with Gasteiger partial charge in [-0.15, -0.1) is 0 Å². The average Bonchev–Trinajstić information content (AvgIpc) is 2.34. The van der Waals surface area contributed by atoms with Crippen LogP contribution < -0.4 is 5.32 Å². The Bertz CT molecular complexity index is 588. The van der Waals surface area contributed by atoms with E-state index in [9.17, 15) is 4.39 Å². The Labute approximate surface area is 129 Å². The van der Waals surface area contributed by atoms with Gasteiger partial charge in [-0.25, -0.2) is 4.39 Å². The molecule has 0 aliphatic carbocycles. The zero-order valence-electron chi connectivity index (χ0n) is 10.7. The predicted octanol–water partition coefficient (Wildman–Crippen LogP) is 5.58. The highest BCUT2D eigenvalue weighted by atomic mass is 79.9. The Morgan fingerprint density at radius 1 is 1.05 bits per heavy atom. The average molecular weight is 387 g/mol. The summed E-state index contributed by atoms with van der Waals surface area (Å²) in [7, 11) is 0. The fraction of sp³-hybridized carbons (Fsp3) is 0.200. The van der Waals surface area contributed by atoms with E-state index in [4.69, 9.17) is 0 Å². The standard InChI is InChI=1S/C15H14Br2FN/c1-9-5-13(6-10(2)15(9)17)19-8-11-3-4-12(16)7-14(11)18/h3-7,19H,8H2,1-2H3. The molecular weight excluding hydrogens is 373 g/mol. The van der Waals surface area contributed by atoms with Crippen molar-refractivity contribution in [2.75, 3.05) is 5.32 Å². The second-order valence-electron chi connectivity index (χ2n) is 4.51. The van der Waals surface area contributed by atoms with Crippen molar-refractivity contribution in [3.63, 3.8) is 0 Å². The summed E-state index contributed by atoms with van der Waals surface area (Å²) in [5, 5.41) is 3.25. The van der Waals surface area contributed by atoms with Crippen LogP contribution in [0.1, 0.15) is 16.7 Å². The fourth-order valence-electron chi connectivity index (χ4n) is 1.91. The lowest BCUT2D eigenvalue weighted by Crippen LogP contribution is -2.02. The van der Waals surface area contributed by atoms with Gasteiger partial charge in [0.15, 0.2) is 0 Å². The summed E-state index contributed by atoms with van der Waals surface area (Å²) >= 11 is 6.79. The van der Waals surface area contributed by atoms with Gasteiger partial charge < -0.3 is 5.32 Å². The van der Waals surface area contributed by atoms with Gasteiger partial charge in [-0.2, -0.15) is 0 Å². The van der Waals surface area contributed by atoms with Crippen molar-refractivity contribution in [2.45, 2.75) is 20.4 Å². The van der Waals surface area contributed by atoms with Gasteiger partial charge in [-0.05, 0) is 49.2 Å². The SMILES string of the molecule is Cc1cc(NCc2ccc(Br)cc2F)cc(C)c1Br. The Balaban J connectivity index is 2.14. The van der Waals surface area contributed by atoms with E-state index < -0.39 is 0 Å². The van der Waals surface area contributed by atoms with Gasteiger partial charge in [0.25, 0.3) is 0 Å². The maximum Gasteiger partial charge on any atom is 0.129 e. The van der Waals surface area contributed by atoms with Gasteiger partial charge in [-0.3, -0.25) is 0 Å². The summed E-state index contributed by atoms with van der Waals surface area (Å²) in [6.45, 7) is 4.56. The first-order valence-electron chi connectivity index (χ1n) is 5.92. The lowest BCUT2D eigenvalue weighted by atomic mass is 10.1. The molecule has 0 spiro atoms. The quantitative estimate of drug-likeness (QED) is 0.725. The molecule has 100 valence electrons. The van der Waals surface area contributed by atoms with Crippen molar-refractivity contribution >= 4 is 37.5 Å². The van der Waals surface area contributed by atoms with Crippen LogP contribution in [0.2, 0.25) is 0 Å². The van der Waals surface area contributed by atoms with Crippen LogP contribution >= 0.6 is 31.9 Å². The van der Waals surface area contributed by atoms with Crippen LogP contribution in [0.5, 0.6) is 0 Å². The Kier molecular flexibility index (Phi) is 4.63. The third-order valence-corrected chi connectivity index (χ3v) is 4.68. The molecule has 19 heavy (non-hydrogen) atoms. The summed E-state index contributed by atoms with van der Waals surface area (Å²) < 4.78 is 15.6. The van der Waals surface area contributed by atoms with Crippen molar-refractivity contribution in [1.82, 2.24) is 0 Å². The van der Waals surface area contributed by atoms with E-state index >= 15 is 0 Å². The Morgan fingerprint density at radius 2 is 1.68 bits per heavy atom. The summed E-state index contributed by atoms with van der Waals surface area (Å²) in [5.74, 6) is -0.201. The molecular formula is C15H14Br2FN. The van der Waals surface area contributed by atoms with Crippen molar-refractivity contribution in [3.8, 4) is 0 Å². The molecule has 2 rings (SSSR count). The van der Waals surface area contributed by atoms with Gasteiger partial charge >= 0.3 is 0 Å². The third-order valence-electron chi connectivity index (χ3n) is 2.93. The normalized spacial score (nSPS) is 10.6. The van der Waals surface area contributed by atoms with E-state index in [-0.39, 0.29) is 5.82 Å². The van der Waals surface area contributed by atoms with Crippen LogP contribution in [0.3, 0.4) is 0 Å². The molecule has 0 heterocycles. The van der Waals surface area contributed by atoms with Gasteiger partial charge in [0, 0.05) is 26.7 Å². The van der Waals surface area contributed by atoms with Crippen LogP contribution in [-0.4, -0.2) is 0 Å². The summed E-state index contributed by atoms with van der Waals surface area (Å²) in [5.41, 5.74) is 3.99. The lowest BCUT2D eigenvalue weighted by Gasteiger charge is -2.11. The van der Waals surface area contributed by atoms with E-state index in [1.54, 1.807) is 6.07 Å². The minimum absolute atomic E-state index is 0.201. The van der Waals surface area contributed by atoms with E-state index in [1.165, 1.54) is 17.2 Å². The number of aryl methyl sites for hydroxylation is 2. The lowest BCUT2D eigenvalue weighted by molar-refractivity contribution is 0.612. The summed E-state index contributed by atoms with van der Waals surface area (Å²) in [6, 6.07) is 9.21. The monoisotopic (exact) mass is 385 g/mol. The highest BCUT2D eigenvalue weighted by molar-refractivity contribution is 9.10. The molecule has 1 nitrogen and oxygen atoms in total. The molecule has 0 unspecified atom stereocenters. The molecule has 0 aliphatic rings. The molecule has 0 saturated heterocycles. The first-order chi connectivity index (χ1) is 8.97. The number of hydrogen-bond acceptors (Lipinski definition) is 1. The molecule has 0 amide bonds. The third kappa shape index (κ3) is 3.57. The number of benzene rings is 2. The van der Waals surface area contributed by atoms with Crippen molar-refractivity contribution in [3.05, 3.63) is 61.8 Å². The molecule has 0 saturated carbocycles. The highest BCUT2D eigenvalue weighted by Gasteiger charge is 2.05. The van der Waals surface area contributed by atoms with Gasteiger partial charge in [0.2, 0.25) is 0 Å². The van der Waals surface area contributed by atoms with Crippen molar-refractivity contribution in [2.24, 2.45) is 0 Å². The Morgan fingerprint density at radius 3 is 2.26 bits per heavy atom. The summed E-state index contributed by atoms with van der Waals surface area (Å²) in [4.78, 5) is 0. The molecule has 0 bridgehead atoms. The van der Waals surface area contributed by atoms with E-state index in [0.717, 1.165) is 14.6 Å². The number of hydrogen-bond donors (Lipinski definition) is 1. The van der Waals surface area contributed by atoms with Gasteiger partial charge in [0.1, 0.15) is 5.82 Å². The second-order valence-corrected chi connectivity index (χ2v) is 6.22. The first-order valence-corrected chi connectivity index (χ1v) is 7.50. The largest absolute Gasteiger partial charge is 0.381 e. The van der Waals surface area contributed by atoms with Crippen molar-refractivity contribution in [1.29, 1.82) is 0 Å². The molecule has 0 aliphatic heterocycles. The maximum absolute atomic E-state index is 13.7. The van der Waals surface area contributed by atoms with E-state index in [2.05, 4.69) is 37.2 Å². The van der Waals surface area contributed by atoms with Gasteiger partial charge in [0.05, 0.1) is 0 Å². The minimum atomic E-state index is -0.201. The van der Waals surface area contributed by atoms with Crippen molar-refractivity contribution < 1.29 is 4.39 Å². The van der Waals surface area contributed by atoms with Gasteiger partial charge in [-0.1, -0.05) is 37.9 Å². The number of nitrogens with one attached hydrogen (secondary N) is 1. The van der Waals surface area contributed by atoms with Crippen LogP contribution in [0.25, 0.3) is 0 Å². The second kappa shape index (κ2) is 6.06. The fourth-order valence-corrected chi connectivity index (χ4v) is 2.47. The molecule has 4 heteroatoms. The maximum atomic E-state index is 13.7. The highest BCUT2D eigenvalue weighted by Crippen LogP contribution is 2.25. The zero-order valence-corrected chi connectivity index (χ0v) is 13.9. The molecule has 0 radical (unpaired) electrons. The molecule has 2 aromatic rings. The predicted molar refractivity (Wildman–Crippen MR) is 85.0 cm³/mol. The molecule has 0 aromatic heterocycles. The minimum Gasteiger partial charge on any atom is -0.381 e. The number of halogens is 3. The van der Waals surface area contributed by atoms with Crippen LogP contribution in [0.15, 0.2) is 39.3 Å². The topological polar surface area (TPSA) is 12.0 Å². The van der Waals surface area contributed by atoms with Crippen LogP contribution in [-0.2, 0) is 6.54 Å². The molecule has 0 fully saturated rings. The van der Waals surface area contributed by atoms with E-state index in [1.807, 2.05) is 32.0 Å². The van der Waals surface area contributed by atoms with Crippen LogP contribution in [0.4, 0.5) is 10.1 Å². The van der Waals surface area contributed by atoms with E-state index in [0.29, 0.717) is 12.1 Å². The van der Waals surface area contributed by atoms with Crippen LogP contribution in [0, 0.1) is 19.7 Å².